The van der Waals surface area contributed by atoms with Crippen LogP contribution < -0.4 is 9.47 Å². The lowest BCUT2D eigenvalue weighted by Gasteiger charge is -2.16. The van der Waals surface area contributed by atoms with Crippen molar-refractivity contribution >= 4 is 6.08 Å². The van der Waals surface area contributed by atoms with E-state index in [4.69, 9.17) is 33.4 Å². The molecule has 0 saturated carbocycles. The van der Waals surface area contributed by atoms with E-state index < -0.39 is 0 Å². The first-order chi connectivity index (χ1) is 17.6. The fraction of sp³-hybridized carbons (Fsp3) is 0.345. The van der Waals surface area contributed by atoms with Crippen LogP contribution in [-0.4, -0.2) is 59.9 Å². The normalized spacial score (nSPS) is 10.9. The van der Waals surface area contributed by atoms with Crippen LogP contribution in [0.1, 0.15) is 16.7 Å². The summed E-state index contributed by atoms with van der Waals surface area (Å²) in [4.78, 5) is 5.05. The van der Waals surface area contributed by atoms with Gasteiger partial charge in [-0.25, -0.2) is 4.98 Å². The molecule has 0 atom stereocenters. The summed E-state index contributed by atoms with van der Waals surface area (Å²) in [7, 11) is 6.61. The van der Waals surface area contributed by atoms with E-state index in [1.807, 2.05) is 54.6 Å². The molecule has 0 bridgehead atoms. The van der Waals surface area contributed by atoms with E-state index in [1.54, 1.807) is 28.4 Å². The lowest BCUT2D eigenvalue weighted by Crippen LogP contribution is -2.04. The highest BCUT2D eigenvalue weighted by Gasteiger charge is 2.14. The van der Waals surface area contributed by atoms with Crippen LogP contribution in [-0.2, 0) is 32.2 Å². The Morgan fingerprint density at radius 2 is 1.14 bits per heavy atom. The van der Waals surface area contributed by atoms with Gasteiger partial charge in [-0.2, -0.15) is 0 Å². The molecule has 0 N–H and O–H groups in total. The molecular weight excluding hydrogens is 458 g/mol. The number of hydrogen-bond donors (Lipinski definition) is 0. The van der Waals surface area contributed by atoms with Crippen molar-refractivity contribution in [3.63, 3.8) is 0 Å². The Balaban J connectivity index is 2.04. The smallest absolute Gasteiger partial charge is 0.119 e. The SMILES string of the molecule is C=Cc1cc(-c2ccc(OC)cc2COCCOC)nc(-c2ccc(OC)cc2COCCOC)c1. The number of ether oxygens (including phenoxy) is 6. The van der Waals surface area contributed by atoms with Crippen LogP contribution in [0.15, 0.2) is 55.1 Å². The Kier molecular flexibility index (Phi) is 10.9. The zero-order valence-corrected chi connectivity index (χ0v) is 21.5. The summed E-state index contributed by atoms with van der Waals surface area (Å²) in [5.74, 6) is 1.52. The predicted octanol–water partition coefficient (Wildman–Crippen LogP) is 5.40. The maximum absolute atomic E-state index is 5.83. The van der Waals surface area contributed by atoms with E-state index >= 15 is 0 Å². The number of benzene rings is 2. The number of hydrogen-bond acceptors (Lipinski definition) is 7. The monoisotopic (exact) mass is 493 g/mol. The molecule has 2 aromatic carbocycles. The number of methoxy groups -OCH3 is 4. The Morgan fingerprint density at radius 1 is 0.667 bits per heavy atom. The van der Waals surface area contributed by atoms with Crippen LogP contribution in [0.2, 0.25) is 0 Å². The van der Waals surface area contributed by atoms with Crippen molar-refractivity contribution in [1.82, 2.24) is 4.98 Å². The van der Waals surface area contributed by atoms with E-state index in [-0.39, 0.29) is 0 Å². The van der Waals surface area contributed by atoms with Crippen LogP contribution in [0.4, 0.5) is 0 Å². The maximum Gasteiger partial charge on any atom is 0.119 e. The molecular formula is C29H35NO6. The second-order valence-corrected chi connectivity index (χ2v) is 8.01. The van der Waals surface area contributed by atoms with E-state index in [1.165, 1.54) is 0 Å². The molecule has 0 radical (unpaired) electrons. The van der Waals surface area contributed by atoms with Crippen molar-refractivity contribution < 1.29 is 28.4 Å². The van der Waals surface area contributed by atoms with Gasteiger partial charge >= 0.3 is 0 Å². The minimum atomic E-state index is 0.409. The summed E-state index contributed by atoms with van der Waals surface area (Å²) >= 11 is 0. The van der Waals surface area contributed by atoms with Crippen molar-refractivity contribution in [1.29, 1.82) is 0 Å². The molecule has 192 valence electrons. The summed E-state index contributed by atoms with van der Waals surface area (Å²) in [5.41, 5.74) is 6.47. The van der Waals surface area contributed by atoms with Gasteiger partial charge in [0.1, 0.15) is 11.5 Å². The first-order valence-electron chi connectivity index (χ1n) is 11.8. The van der Waals surface area contributed by atoms with Gasteiger partial charge in [-0.15, -0.1) is 0 Å². The Bertz CT molecular complexity index is 1050. The molecule has 36 heavy (non-hydrogen) atoms. The van der Waals surface area contributed by atoms with E-state index in [0.29, 0.717) is 39.6 Å². The molecule has 0 aliphatic rings. The minimum Gasteiger partial charge on any atom is -0.497 e. The van der Waals surface area contributed by atoms with Crippen molar-refractivity contribution in [2.24, 2.45) is 0 Å². The zero-order chi connectivity index (χ0) is 25.8. The fourth-order valence-corrected chi connectivity index (χ4v) is 3.73. The average molecular weight is 494 g/mol. The lowest BCUT2D eigenvalue weighted by atomic mass is 9.99. The summed E-state index contributed by atoms with van der Waals surface area (Å²) in [6, 6.07) is 15.9. The number of aromatic nitrogens is 1. The Hall–Kier alpha value is -3.23. The molecule has 3 rings (SSSR count). The van der Waals surface area contributed by atoms with Crippen LogP contribution in [0.3, 0.4) is 0 Å². The van der Waals surface area contributed by atoms with Gasteiger partial charge in [0.15, 0.2) is 0 Å². The number of rotatable bonds is 15. The molecule has 0 amide bonds. The van der Waals surface area contributed by atoms with Crippen LogP contribution in [0.5, 0.6) is 11.5 Å². The molecule has 0 aliphatic carbocycles. The van der Waals surface area contributed by atoms with Gasteiger partial charge in [0, 0.05) is 25.3 Å². The van der Waals surface area contributed by atoms with Crippen LogP contribution in [0, 0.1) is 0 Å². The van der Waals surface area contributed by atoms with Crippen molar-refractivity contribution in [3.8, 4) is 34.0 Å². The molecule has 0 unspecified atom stereocenters. The third-order valence-corrected chi connectivity index (χ3v) is 5.64. The van der Waals surface area contributed by atoms with Gasteiger partial charge in [-0.05, 0) is 65.2 Å². The molecule has 7 nitrogen and oxygen atoms in total. The summed E-state index contributed by atoms with van der Waals surface area (Å²) < 4.78 is 32.8. The lowest BCUT2D eigenvalue weighted by molar-refractivity contribution is 0.0617. The minimum absolute atomic E-state index is 0.409. The van der Waals surface area contributed by atoms with E-state index in [0.717, 1.165) is 50.7 Å². The third-order valence-electron chi connectivity index (χ3n) is 5.64. The first kappa shape index (κ1) is 27.4. The number of nitrogens with zero attached hydrogens (tertiary/aromatic N) is 1. The summed E-state index contributed by atoms with van der Waals surface area (Å²) in [6.45, 7) is 6.86. The van der Waals surface area contributed by atoms with Gasteiger partial charge in [-0.3, -0.25) is 0 Å². The Labute approximate surface area is 213 Å². The van der Waals surface area contributed by atoms with Crippen molar-refractivity contribution in [2.45, 2.75) is 13.2 Å². The van der Waals surface area contributed by atoms with Crippen LogP contribution in [0.25, 0.3) is 28.6 Å². The van der Waals surface area contributed by atoms with Gasteiger partial charge in [-0.1, -0.05) is 12.7 Å². The summed E-state index contributed by atoms with van der Waals surface area (Å²) in [6.07, 6.45) is 1.82. The van der Waals surface area contributed by atoms with Gasteiger partial charge in [0.05, 0.1) is 65.2 Å². The van der Waals surface area contributed by atoms with E-state index in [2.05, 4.69) is 6.58 Å². The Morgan fingerprint density at radius 3 is 1.53 bits per heavy atom. The third kappa shape index (κ3) is 7.38. The standard InChI is InChI=1S/C29H35NO6/c1-6-21-15-28(26-9-7-24(33-4)17-22(26)19-35-13-11-31-2)30-29(16-21)27-10-8-25(34-5)18-23(27)20-36-14-12-32-3/h6-10,15-18H,1,11-14,19-20H2,2-5H3. The molecule has 1 aromatic heterocycles. The average Bonchev–Trinajstić information content (AvgIpc) is 2.92. The molecule has 0 saturated heterocycles. The maximum atomic E-state index is 5.83. The second-order valence-electron chi connectivity index (χ2n) is 8.01. The van der Waals surface area contributed by atoms with Gasteiger partial charge < -0.3 is 28.4 Å². The van der Waals surface area contributed by atoms with Crippen LogP contribution >= 0.6 is 0 Å². The van der Waals surface area contributed by atoms with Gasteiger partial charge in [0.2, 0.25) is 0 Å². The summed E-state index contributed by atoms with van der Waals surface area (Å²) in [5, 5.41) is 0. The topological polar surface area (TPSA) is 68.3 Å². The largest absolute Gasteiger partial charge is 0.497 e. The highest BCUT2D eigenvalue weighted by Crippen LogP contribution is 2.33. The molecule has 7 heteroatoms. The van der Waals surface area contributed by atoms with Crippen molar-refractivity contribution in [3.05, 3.63) is 71.8 Å². The predicted molar refractivity (Wildman–Crippen MR) is 141 cm³/mol. The molecule has 0 spiro atoms. The molecule has 3 aromatic rings. The van der Waals surface area contributed by atoms with E-state index in [9.17, 15) is 0 Å². The van der Waals surface area contributed by atoms with Crippen molar-refractivity contribution in [2.75, 3.05) is 54.9 Å². The van der Waals surface area contributed by atoms with Gasteiger partial charge in [0.25, 0.3) is 0 Å². The molecule has 1 heterocycles. The second kappa shape index (κ2) is 14.4. The molecule has 0 aliphatic heterocycles. The molecule has 0 fully saturated rings. The quantitative estimate of drug-likeness (QED) is 0.263. The highest BCUT2D eigenvalue weighted by molar-refractivity contribution is 5.74. The highest BCUT2D eigenvalue weighted by atomic mass is 16.5. The zero-order valence-electron chi connectivity index (χ0n) is 21.5. The first-order valence-corrected chi connectivity index (χ1v) is 11.8. The number of pyridine rings is 1. The fourth-order valence-electron chi connectivity index (χ4n) is 3.73.